The summed E-state index contributed by atoms with van der Waals surface area (Å²) in [4.78, 5) is 35.0. The summed E-state index contributed by atoms with van der Waals surface area (Å²) in [7, 11) is 0. The fourth-order valence-corrected chi connectivity index (χ4v) is 2.18. The van der Waals surface area contributed by atoms with Crippen molar-refractivity contribution in [3.05, 3.63) is 71.8 Å². The quantitative estimate of drug-likeness (QED) is 0.672. The van der Waals surface area contributed by atoms with Crippen LogP contribution in [0.2, 0.25) is 0 Å². The van der Waals surface area contributed by atoms with Crippen molar-refractivity contribution in [2.45, 2.75) is 19.1 Å². The SMILES string of the molecule is O=C(NCC[C@H](NC(=O)c1ccccc1)C(=O)O)OCc1ccccc1. The highest BCUT2D eigenvalue weighted by Crippen LogP contribution is 2.02. The van der Waals surface area contributed by atoms with E-state index < -0.39 is 24.0 Å². The monoisotopic (exact) mass is 356 g/mol. The molecular formula is C19H20N2O5. The summed E-state index contributed by atoms with van der Waals surface area (Å²) < 4.78 is 5.04. The van der Waals surface area contributed by atoms with Crippen LogP contribution in [-0.2, 0) is 16.1 Å². The molecule has 2 rings (SSSR count). The molecule has 7 nitrogen and oxygen atoms in total. The maximum Gasteiger partial charge on any atom is 0.407 e. The highest BCUT2D eigenvalue weighted by atomic mass is 16.5. The van der Waals surface area contributed by atoms with E-state index in [0.29, 0.717) is 5.56 Å². The smallest absolute Gasteiger partial charge is 0.407 e. The van der Waals surface area contributed by atoms with E-state index in [0.717, 1.165) is 5.56 Å². The minimum atomic E-state index is -1.17. The van der Waals surface area contributed by atoms with Gasteiger partial charge in [0.05, 0.1) is 0 Å². The van der Waals surface area contributed by atoms with E-state index in [9.17, 15) is 19.5 Å². The number of hydrogen-bond acceptors (Lipinski definition) is 4. The van der Waals surface area contributed by atoms with Crippen LogP contribution in [0.5, 0.6) is 0 Å². The van der Waals surface area contributed by atoms with Crippen LogP contribution in [0.4, 0.5) is 4.79 Å². The van der Waals surface area contributed by atoms with Gasteiger partial charge in [0.15, 0.2) is 0 Å². The number of carbonyl (C=O) groups is 3. The van der Waals surface area contributed by atoms with Gasteiger partial charge in [-0.05, 0) is 24.1 Å². The van der Waals surface area contributed by atoms with Crippen LogP contribution in [0.1, 0.15) is 22.3 Å². The third-order valence-corrected chi connectivity index (χ3v) is 3.55. The van der Waals surface area contributed by atoms with Crippen molar-refractivity contribution < 1.29 is 24.2 Å². The second-order valence-corrected chi connectivity index (χ2v) is 5.51. The van der Waals surface area contributed by atoms with Gasteiger partial charge in [0, 0.05) is 12.1 Å². The molecule has 0 unspecified atom stereocenters. The van der Waals surface area contributed by atoms with Gasteiger partial charge in [-0.1, -0.05) is 48.5 Å². The predicted octanol–water partition coefficient (Wildman–Crippen LogP) is 2.19. The summed E-state index contributed by atoms with van der Waals surface area (Å²) >= 11 is 0. The molecule has 0 radical (unpaired) electrons. The van der Waals surface area contributed by atoms with Crippen LogP contribution in [0.15, 0.2) is 60.7 Å². The molecule has 2 aromatic rings. The number of benzene rings is 2. The van der Waals surface area contributed by atoms with Crippen molar-refractivity contribution in [1.29, 1.82) is 0 Å². The van der Waals surface area contributed by atoms with E-state index in [4.69, 9.17) is 4.74 Å². The van der Waals surface area contributed by atoms with E-state index >= 15 is 0 Å². The fraction of sp³-hybridized carbons (Fsp3) is 0.211. The molecule has 0 fully saturated rings. The van der Waals surface area contributed by atoms with Crippen LogP contribution >= 0.6 is 0 Å². The fourth-order valence-electron chi connectivity index (χ4n) is 2.18. The Balaban J connectivity index is 1.75. The minimum Gasteiger partial charge on any atom is -0.480 e. The second kappa shape index (κ2) is 9.83. The Hall–Kier alpha value is -3.35. The van der Waals surface area contributed by atoms with Gasteiger partial charge < -0.3 is 20.5 Å². The van der Waals surface area contributed by atoms with Crippen molar-refractivity contribution in [2.24, 2.45) is 0 Å². The molecule has 26 heavy (non-hydrogen) atoms. The van der Waals surface area contributed by atoms with Gasteiger partial charge in [-0.15, -0.1) is 0 Å². The number of rotatable bonds is 8. The summed E-state index contributed by atoms with van der Waals surface area (Å²) in [6.07, 6.45) is -0.610. The molecule has 0 aliphatic rings. The number of ether oxygens (including phenoxy) is 1. The molecule has 0 saturated heterocycles. The van der Waals surface area contributed by atoms with E-state index in [1.807, 2.05) is 30.3 Å². The number of alkyl carbamates (subject to hydrolysis) is 1. The molecule has 2 aromatic carbocycles. The standard InChI is InChI=1S/C19H20N2O5/c22-17(15-9-5-2-6-10-15)21-16(18(23)24)11-12-20-19(25)26-13-14-7-3-1-4-8-14/h1-10,16H,11-13H2,(H,20,25)(H,21,22)(H,23,24)/t16-/m0/s1. The molecule has 1 atom stereocenters. The number of nitrogens with one attached hydrogen (secondary N) is 2. The molecule has 0 heterocycles. The van der Waals surface area contributed by atoms with Gasteiger partial charge in [0.25, 0.3) is 5.91 Å². The summed E-state index contributed by atoms with van der Waals surface area (Å²) in [5.74, 6) is -1.65. The molecule has 0 aliphatic heterocycles. The predicted molar refractivity (Wildman–Crippen MR) is 94.6 cm³/mol. The van der Waals surface area contributed by atoms with Crippen molar-refractivity contribution in [3.8, 4) is 0 Å². The van der Waals surface area contributed by atoms with E-state index in [-0.39, 0.29) is 19.6 Å². The minimum absolute atomic E-state index is 0.0361. The number of carbonyl (C=O) groups excluding carboxylic acids is 2. The van der Waals surface area contributed by atoms with Gasteiger partial charge in [-0.3, -0.25) is 4.79 Å². The highest BCUT2D eigenvalue weighted by Gasteiger charge is 2.20. The lowest BCUT2D eigenvalue weighted by molar-refractivity contribution is -0.139. The average Bonchev–Trinajstić information content (AvgIpc) is 2.67. The largest absolute Gasteiger partial charge is 0.480 e. The van der Waals surface area contributed by atoms with E-state index in [2.05, 4.69) is 10.6 Å². The van der Waals surface area contributed by atoms with Gasteiger partial charge >= 0.3 is 12.1 Å². The Morgan fingerprint density at radius 3 is 2.19 bits per heavy atom. The zero-order valence-electron chi connectivity index (χ0n) is 14.1. The van der Waals surface area contributed by atoms with Crippen molar-refractivity contribution >= 4 is 18.0 Å². The van der Waals surface area contributed by atoms with E-state index in [1.54, 1.807) is 30.3 Å². The molecule has 0 saturated carbocycles. The van der Waals surface area contributed by atoms with Gasteiger partial charge in [-0.2, -0.15) is 0 Å². The Bertz CT molecular complexity index is 734. The molecule has 0 aromatic heterocycles. The first kappa shape index (κ1) is 19.0. The highest BCUT2D eigenvalue weighted by molar-refractivity contribution is 5.96. The van der Waals surface area contributed by atoms with Crippen LogP contribution in [-0.4, -0.2) is 35.7 Å². The second-order valence-electron chi connectivity index (χ2n) is 5.51. The van der Waals surface area contributed by atoms with Crippen molar-refractivity contribution in [1.82, 2.24) is 10.6 Å². The molecule has 0 spiro atoms. The molecule has 3 N–H and O–H groups in total. The molecule has 136 valence electrons. The number of hydrogen-bond donors (Lipinski definition) is 3. The molecule has 0 bridgehead atoms. The summed E-state index contributed by atoms with van der Waals surface area (Å²) in [6, 6.07) is 16.4. The zero-order chi connectivity index (χ0) is 18.8. The Kier molecular flexibility index (Phi) is 7.17. The van der Waals surface area contributed by atoms with Crippen LogP contribution < -0.4 is 10.6 Å². The number of carboxylic acid groups (broad SMARTS) is 1. The lowest BCUT2D eigenvalue weighted by Gasteiger charge is -2.15. The van der Waals surface area contributed by atoms with Crippen LogP contribution in [0.3, 0.4) is 0 Å². The van der Waals surface area contributed by atoms with Crippen LogP contribution in [0.25, 0.3) is 0 Å². The molecular weight excluding hydrogens is 336 g/mol. The first-order valence-electron chi connectivity index (χ1n) is 8.09. The molecule has 7 heteroatoms. The Morgan fingerprint density at radius 1 is 0.962 bits per heavy atom. The van der Waals surface area contributed by atoms with Gasteiger partial charge in [0.1, 0.15) is 12.6 Å². The number of aliphatic carboxylic acids is 1. The Morgan fingerprint density at radius 2 is 1.58 bits per heavy atom. The van der Waals surface area contributed by atoms with E-state index in [1.165, 1.54) is 0 Å². The van der Waals surface area contributed by atoms with Gasteiger partial charge in [0.2, 0.25) is 0 Å². The number of carboxylic acids is 1. The summed E-state index contributed by atoms with van der Waals surface area (Å²) in [6.45, 7) is 0.180. The van der Waals surface area contributed by atoms with Gasteiger partial charge in [-0.25, -0.2) is 9.59 Å². The van der Waals surface area contributed by atoms with Crippen molar-refractivity contribution in [2.75, 3.05) is 6.54 Å². The molecule has 2 amide bonds. The normalized spacial score (nSPS) is 11.2. The lowest BCUT2D eigenvalue weighted by Crippen LogP contribution is -2.43. The van der Waals surface area contributed by atoms with Crippen molar-refractivity contribution in [3.63, 3.8) is 0 Å². The zero-order valence-corrected chi connectivity index (χ0v) is 14.1. The molecule has 0 aliphatic carbocycles. The van der Waals surface area contributed by atoms with Crippen LogP contribution in [0, 0.1) is 0 Å². The number of amides is 2. The first-order chi connectivity index (χ1) is 12.6. The summed E-state index contributed by atoms with van der Waals surface area (Å²) in [5, 5.41) is 14.1. The maximum atomic E-state index is 12.0. The summed E-state index contributed by atoms with van der Waals surface area (Å²) in [5.41, 5.74) is 1.22. The average molecular weight is 356 g/mol. The topological polar surface area (TPSA) is 105 Å². The third-order valence-electron chi connectivity index (χ3n) is 3.55. The lowest BCUT2D eigenvalue weighted by atomic mass is 10.1. The maximum absolute atomic E-state index is 12.0. The first-order valence-corrected chi connectivity index (χ1v) is 8.09. The third kappa shape index (κ3) is 6.27. The Labute approximate surface area is 151 Å².